The van der Waals surface area contributed by atoms with Gasteiger partial charge in [0, 0.05) is 6.04 Å². The minimum atomic E-state index is -1.82. The van der Waals surface area contributed by atoms with Crippen molar-refractivity contribution in [2.45, 2.75) is 25.3 Å². The van der Waals surface area contributed by atoms with Crippen LogP contribution >= 0.6 is 0 Å². The molecule has 0 radical (unpaired) electrons. The molecule has 1 atom stereocenters. The summed E-state index contributed by atoms with van der Waals surface area (Å²) in [6, 6.07) is 18.8. The standard InChI is InChI=1S/C17H19NO.C2H2O4/c1-2-8-15(9-3-1)19-16-10-6-7-14(13-16)17-11-4-5-12-18-17;3-1(4)2(5)6/h1-3,6-10,13,17-18H,4-5,11-12H2;(H,3,4)(H,5,6). The summed E-state index contributed by atoms with van der Waals surface area (Å²) in [6.07, 6.45) is 3.81. The Morgan fingerprint density at radius 1 is 0.920 bits per heavy atom. The van der Waals surface area contributed by atoms with Crippen molar-refractivity contribution in [3.8, 4) is 11.5 Å². The number of hydrogen-bond acceptors (Lipinski definition) is 4. The van der Waals surface area contributed by atoms with Gasteiger partial charge in [-0.1, -0.05) is 36.8 Å². The number of ether oxygens (including phenoxy) is 1. The molecule has 2 aromatic carbocycles. The summed E-state index contributed by atoms with van der Waals surface area (Å²) in [7, 11) is 0. The highest BCUT2D eigenvalue weighted by Gasteiger charge is 2.14. The summed E-state index contributed by atoms with van der Waals surface area (Å²) in [5.41, 5.74) is 1.33. The normalized spacial score (nSPS) is 16.2. The average Bonchev–Trinajstić information content (AvgIpc) is 2.64. The molecule has 1 aliphatic rings. The number of piperidine rings is 1. The molecule has 0 aromatic heterocycles. The van der Waals surface area contributed by atoms with Crippen molar-refractivity contribution in [1.82, 2.24) is 5.32 Å². The molecule has 1 saturated heterocycles. The molecule has 1 heterocycles. The largest absolute Gasteiger partial charge is 0.473 e. The minimum Gasteiger partial charge on any atom is -0.473 e. The summed E-state index contributed by atoms with van der Waals surface area (Å²) in [5, 5.41) is 18.4. The fourth-order valence-corrected chi connectivity index (χ4v) is 2.56. The molecule has 3 rings (SSSR count). The fourth-order valence-electron chi connectivity index (χ4n) is 2.56. The van der Waals surface area contributed by atoms with Gasteiger partial charge in [0.25, 0.3) is 0 Å². The topological polar surface area (TPSA) is 95.9 Å². The molecule has 0 spiro atoms. The average molecular weight is 343 g/mol. The van der Waals surface area contributed by atoms with Crippen LogP contribution in [-0.2, 0) is 9.59 Å². The lowest BCUT2D eigenvalue weighted by Gasteiger charge is -2.24. The predicted octanol–water partition coefficient (Wildman–Crippen LogP) is 3.45. The van der Waals surface area contributed by atoms with Crippen LogP contribution in [0.2, 0.25) is 0 Å². The highest BCUT2D eigenvalue weighted by Crippen LogP contribution is 2.28. The number of para-hydroxylation sites is 1. The molecule has 6 heteroatoms. The van der Waals surface area contributed by atoms with E-state index in [9.17, 15) is 0 Å². The first-order chi connectivity index (χ1) is 12.1. The van der Waals surface area contributed by atoms with E-state index in [1.165, 1.54) is 24.8 Å². The Labute approximate surface area is 146 Å². The highest BCUT2D eigenvalue weighted by atomic mass is 16.5. The Morgan fingerprint density at radius 2 is 1.60 bits per heavy atom. The van der Waals surface area contributed by atoms with Gasteiger partial charge >= 0.3 is 11.9 Å². The van der Waals surface area contributed by atoms with Crippen LogP contribution in [0.5, 0.6) is 11.5 Å². The van der Waals surface area contributed by atoms with Crippen LogP contribution in [0.4, 0.5) is 0 Å². The quantitative estimate of drug-likeness (QED) is 0.739. The molecule has 1 unspecified atom stereocenters. The zero-order chi connectivity index (χ0) is 18.1. The van der Waals surface area contributed by atoms with Crippen LogP contribution in [0, 0.1) is 0 Å². The number of nitrogens with one attached hydrogen (secondary N) is 1. The van der Waals surface area contributed by atoms with Crippen molar-refractivity contribution in [2.75, 3.05) is 6.54 Å². The predicted molar refractivity (Wildman–Crippen MR) is 92.8 cm³/mol. The van der Waals surface area contributed by atoms with Crippen molar-refractivity contribution < 1.29 is 24.5 Å². The van der Waals surface area contributed by atoms with Gasteiger partial charge in [-0.2, -0.15) is 0 Å². The lowest BCUT2D eigenvalue weighted by atomic mass is 9.97. The molecule has 0 saturated carbocycles. The molecule has 0 amide bonds. The van der Waals surface area contributed by atoms with Crippen molar-refractivity contribution in [2.24, 2.45) is 0 Å². The van der Waals surface area contributed by atoms with E-state index in [0.29, 0.717) is 6.04 Å². The lowest BCUT2D eigenvalue weighted by Crippen LogP contribution is -2.26. The van der Waals surface area contributed by atoms with E-state index in [0.717, 1.165) is 18.0 Å². The van der Waals surface area contributed by atoms with Gasteiger partial charge in [-0.3, -0.25) is 0 Å². The van der Waals surface area contributed by atoms with E-state index < -0.39 is 11.9 Å². The van der Waals surface area contributed by atoms with E-state index in [-0.39, 0.29) is 0 Å². The third kappa shape index (κ3) is 6.27. The number of carboxylic acid groups (broad SMARTS) is 2. The number of rotatable bonds is 3. The van der Waals surface area contributed by atoms with Gasteiger partial charge in [0.2, 0.25) is 0 Å². The van der Waals surface area contributed by atoms with Gasteiger partial charge in [-0.25, -0.2) is 9.59 Å². The molecule has 132 valence electrons. The molecule has 1 aliphatic heterocycles. The Kier molecular flexibility index (Phi) is 6.98. The Hall–Kier alpha value is -2.86. The monoisotopic (exact) mass is 343 g/mol. The second kappa shape index (κ2) is 9.44. The first-order valence-corrected chi connectivity index (χ1v) is 8.08. The molecule has 6 nitrogen and oxygen atoms in total. The first kappa shape index (κ1) is 18.5. The van der Waals surface area contributed by atoms with E-state index in [1.54, 1.807) is 0 Å². The van der Waals surface area contributed by atoms with Crippen LogP contribution in [0.1, 0.15) is 30.9 Å². The summed E-state index contributed by atoms with van der Waals surface area (Å²) in [5.74, 6) is -1.85. The van der Waals surface area contributed by atoms with Crippen molar-refractivity contribution in [3.05, 3.63) is 60.2 Å². The molecule has 3 N–H and O–H groups in total. The summed E-state index contributed by atoms with van der Waals surface area (Å²) in [4.78, 5) is 18.2. The lowest BCUT2D eigenvalue weighted by molar-refractivity contribution is -0.159. The third-order valence-electron chi connectivity index (χ3n) is 3.73. The van der Waals surface area contributed by atoms with E-state index in [4.69, 9.17) is 24.5 Å². The van der Waals surface area contributed by atoms with E-state index in [1.807, 2.05) is 36.4 Å². The number of carbonyl (C=O) groups is 2. The van der Waals surface area contributed by atoms with E-state index in [2.05, 4.69) is 23.5 Å². The molecule has 2 aromatic rings. The zero-order valence-electron chi connectivity index (χ0n) is 13.7. The maximum absolute atomic E-state index is 9.10. The smallest absolute Gasteiger partial charge is 0.414 e. The van der Waals surface area contributed by atoms with Gasteiger partial charge in [-0.05, 0) is 49.2 Å². The van der Waals surface area contributed by atoms with Crippen LogP contribution < -0.4 is 10.1 Å². The number of carboxylic acids is 2. The fraction of sp³-hybridized carbons (Fsp3) is 0.263. The summed E-state index contributed by atoms with van der Waals surface area (Å²) in [6.45, 7) is 1.12. The van der Waals surface area contributed by atoms with Crippen molar-refractivity contribution >= 4 is 11.9 Å². The van der Waals surface area contributed by atoms with Gasteiger partial charge in [0.1, 0.15) is 11.5 Å². The third-order valence-corrected chi connectivity index (χ3v) is 3.73. The second-order valence-corrected chi connectivity index (χ2v) is 5.60. The molecule has 0 bridgehead atoms. The first-order valence-electron chi connectivity index (χ1n) is 8.08. The van der Waals surface area contributed by atoms with Crippen molar-refractivity contribution in [3.63, 3.8) is 0 Å². The van der Waals surface area contributed by atoms with Crippen molar-refractivity contribution in [1.29, 1.82) is 0 Å². The number of aliphatic carboxylic acids is 2. The molecular formula is C19H21NO5. The Bertz CT molecular complexity index is 684. The van der Waals surface area contributed by atoms with E-state index >= 15 is 0 Å². The summed E-state index contributed by atoms with van der Waals surface area (Å²) >= 11 is 0. The molecule has 25 heavy (non-hydrogen) atoms. The second-order valence-electron chi connectivity index (χ2n) is 5.60. The zero-order valence-corrected chi connectivity index (χ0v) is 13.7. The summed E-state index contributed by atoms with van der Waals surface area (Å²) < 4.78 is 5.88. The maximum atomic E-state index is 9.10. The Balaban J connectivity index is 0.000000326. The van der Waals surface area contributed by atoms with Crippen LogP contribution in [0.3, 0.4) is 0 Å². The minimum absolute atomic E-state index is 0.480. The van der Waals surface area contributed by atoms with Gasteiger partial charge in [0.15, 0.2) is 0 Å². The maximum Gasteiger partial charge on any atom is 0.414 e. The van der Waals surface area contributed by atoms with Gasteiger partial charge in [-0.15, -0.1) is 0 Å². The van der Waals surface area contributed by atoms with Gasteiger partial charge < -0.3 is 20.3 Å². The SMILES string of the molecule is O=C(O)C(=O)O.c1ccc(Oc2cccc(C3CCCCN3)c2)cc1. The van der Waals surface area contributed by atoms with Crippen LogP contribution in [0.25, 0.3) is 0 Å². The number of hydrogen-bond donors (Lipinski definition) is 3. The van der Waals surface area contributed by atoms with Crippen LogP contribution in [0.15, 0.2) is 54.6 Å². The molecule has 1 fully saturated rings. The Morgan fingerprint density at radius 3 is 2.20 bits per heavy atom. The van der Waals surface area contributed by atoms with Gasteiger partial charge in [0.05, 0.1) is 0 Å². The highest BCUT2D eigenvalue weighted by molar-refractivity contribution is 6.27. The molecular weight excluding hydrogens is 322 g/mol. The number of benzene rings is 2. The van der Waals surface area contributed by atoms with Crippen LogP contribution in [-0.4, -0.2) is 28.7 Å². The molecule has 0 aliphatic carbocycles.